The lowest BCUT2D eigenvalue weighted by molar-refractivity contribution is 0.225. The Morgan fingerprint density at radius 1 is 1.39 bits per heavy atom. The Hall–Kier alpha value is -0.900. The van der Waals surface area contributed by atoms with Crippen molar-refractivity contribution in [2.24, 2.45) is 0 Å². The lowest BCUT2D eigenvalue weighted by Gasteiger charge is -2.21. The van der Waals surface area contributed by atoms with Gasteiger partial charge in [0.25, 0.3) is 0 Å². The predicted octanol–water partition coefficient (Wildman–Crippen LogP) is 1.62. The number of rotatable bonds is 6. The quantitative estimate of drug-likeness (QED) is 0.803. The van der Waals surface area contributed by atoms with Gasteiger partial charge in [-0.25, -0.2) is 0 Å². The van der Waals surface area contributed by atoms with Gasteiger partial charge in [-0.1, -0.05) is 37.3 Å². The SMILES string of the molecule is CC[C@@H](CO)NC1CCN(Cc2ccccc2)C1. The second kappa shape index (κ2) is 6.88. The van der Waals surface area contributed by atoms with Crippen molar-refractivity contribution in [1.29, 1.82) is 0 Å². The highest BCUT2D eigenvalue weighted by Gasteiger charge is 2.23. The van der Waals surface area contributed by atoms with Crippen molar-refractivity contribution < 1.29 is 5.11 Å². The molecular formula is C15H24N2O. The Kier molecular flexibility index (Phi) is 5.17. The highest BCUT2D eigenvalue weighted by Crippen LogP contribution is 2.14. The molecule has 0 bridgehead atoms. The second-order valence-corrected chi connectivity index (χ2v) is 5.16. The van der Waals surface area contributed by atoms with E-state index in [0.29, 0.717) is 6.04 Å². The molecule has 1 unspecified atom stereocenters. The normalized spacial score (nSPS) is 22.2. The molecule has 0 saturated carbocycles. The van der Waals surface area contributed by atoms with E-state index in [9.17, 15) is 5.11 Å². The van der Waals surface area contributed by atoms with Gasteiger partial charge in [-0.05, 0) is 18.4 Å². The molecule has 3 nitrogen and oxygen atoms in total. The van der Waals surface area contributed by atoms with Crippen LogP contribution in [-0.4, -0.2) is 41.8 Å². The maximum absolute atomic E-state index is 9.21. The summed E-state index contributed by atoms with van der Waals surface area (Å²) in [6, 6.07) is 11.4. The fourth-order valence-electron chi connectivity index (χ4n) is 2.59. The summed E-state index contributed by atoms with van der Waals surface area (Å²) in [5.74, 6) is 0. The van der Waals surface area contributed by atoms with Crippen molar-refractivity contribution in [2.75, 3.05) is 19.7 Å². The van der Waals surface area contributed by atoms with Crippen LogP contribution in [0.3, 0.4) is 0 Å². The Bertz CT molecular complexity index is 338. The molecule has 0 radical (unpaired) electrons. The van der Waals surface area contributed by atoms with E-state index in [2.05, 4.69) is 47.5 Å². The van der Waals surface area contributed by atoms with Gasteiger partial charge in [-0.15, -0.1) is 0 Å². The lowest BCUT2D eigenvalue weighted by atomic mass is 10.2. The summed E-state index contributed by atoms with van der Waals surface area (Å²) >= 11 is 0. The summed E-state index contributed by atoms with van der Waals surface area (Å²) in [4.78, 5) is 2.48. The van der Waals surface area contributed by atoms with Crippen LogP contribution in [0.15, 0.2) is 30.3 Å². The minimum Gasteiger partial charge on any atom is -0.395 e. The van der Waals surface area contributed by atoms with Crippen LogP contribution in [0.25, 0.3) is 0 Å². The molecule has 0 aliphatic carbocycles. The Balaban J connectivity index is 1.78. The van der Waals surface area contributed by atoms with E-state index in [1.807, 2.05) is 0 Å². The van der Waals surface area contributed by atoms with Gasteiger partial charge in [-0.3, -0.25) is 4.90 Å². The Morgan fingerprint density at radius 2 is 2.17 bits per heavy atom. The smallest absolute Gasteiger partial charge is 0.0584 e. The average molecular weight is 248 g/mol. The van der Waals surface area contributed by atoms with Gasteiger partial charge in [0.05, 0.1) is 6.61 Å². The molecule has 1 heterocycles. The number of nitrogens with one attached hydrogen (secondary N) is 1. The van der Waals surface area contributed by atoms with Crippen molar-refractivity contribution in [3.8, 4) is 0 Å². The summed E-state index contributed by atoms with van der Waals surface area (Å²) in [5, 5.41) is 12.8. The zero-order valence-corrected chi connectivity index (χ0v) is 11.2. The first kappa shape index (κ1) is 13.5. The summed E-state index contributed by atoms with van der Waals surface area (Å²) in [6.45, 7) is 5.63. The largest absolute Gasteiger partial charge is 0.395 e. The minimum absolute atomic E-state index is 0.242. The van der Waals surface area contributed by atoms with Gasteiger partial charge >= 0.3 is 0 Å². The number of hydrogen-bond acceptors (Lipinski definition) is 3. The van der Waals surface area contributed by atoms with E-state index in [1.54, 1.807) is 0 Å². The number of aliphatic hydroxyl groups is 1. The van der Waals surface area contributed by atoms with Crippen molar-refractivity contribution in [2.45, 2.75) is 38.4 Å². The average Bonchev–Trinajstić information content (AvgIpc) is 2.84. The molecule has 0 amide bonds. The van der Waals surface area contributed by atoms with Crippen LogP contribution in [0.4, 0.5) is 0 Å². The van der Waals surface area contributed by atoms with Crippen molar-refractivity contribution in [1.82, 2.24) is 10.2 Å². The summed E-state index contributed by atoms with van der Waals surface area (Å²) < 4.78 is 0. The standard InChI is InChI=1S/C15H24N2O/c1-2-14(12-18)16-15-8-9-17(11-15)10-13-6-4-3-5-7-13/h3-7,14-16,18H,2,8-12H2,1H3/t14-,15?/m0/s1. The molecule has 2 N–H and O–H groups in total. The fourth-order valence-corrected chi connectivity index (χ4v) is 2.59. The number of nitrogens with zero attached hydrogens (tertiary/aromatic N) is 1. The van der Waals surface area contributed by atoms with Crippen molar-refractivity contribution in [3.05, 3.63) is 35.9 Å². The van der Waals surface area contributed by atoms with Gasteiger partial charge in [0, 0.05) is 31.7 Å². The van der Waals surface area contributed by atoms with Gasteiger partial charge in [0.15, 0.2) is 0 Å². The molecule has 2 atom stereocenters. The number of likely N-dealkylation sites (tertiary alicyclic amines) is 1. The zero-order valence-electron chi connectivity index (χ0n) is 11.2. The number of aliphatic hydroxyl groups excluding tert-OH is 1. The first-order valence-electron chi connectivity index (χ1n) is 6.95. The molecule has 2 rings (SSSR count). The van der Waals surface area contributed by atoms with Crippen molar-refractivity contribution >= 4 is 0 Å². The second-order valence-electron chi connectivity index (χ2n) is 5.16. The van der Waals surface area contributed by atoms with Crippen LogP contribution in [0.2, 0.25) is 0 Å². The van der Waals surface area contributed by atoms with E-state index in [-0.39, 0.29) is 12.6 Å². The van der Waals surface area contributed by atoms with E-state index in [0.717, 1.165) is 26.1 Å². The summed E-state index contributed by atoms with van der Waals surface area (Å²) in [7, 11) is 0. The Morgan fingerprint density at radius 3 is 2.83 bits per heavy atom. The molecule has 1 aromatic rings. The molecule has 1 fully saturated rings. The predicted molar refractivity (Wildman–Crippen MR) is 74.4 cm³/mol. The first-order chi connectivity index (χ1) is 8.81. The van der Waals surface area contributed by atoms with Gasteiger partial charge in [-0.2, -0.15) is 0 Å². The van der Waals surface area contributed by atoms with Gasteiger partial charge < -0.3 is 10.4 Å². The third-order valence-electron chi connectivity index (χ3n) is 3.71. The third kappa shape index (κ3) is 3.80. The molecule has 3 heteroatoms. The van der Waals surface area contributed by atoms with Crippen LogP contribution >= 0.6 is 0 Å². The molecule has 0 aromatic heterocycles. The van der Waals surface area contributed by atoms with Crippen LogP contribution < -0.4 is 5.32 Å². The summed E-state index contributed by atoms with van der Waals surface area (Å²) in [6.07, 6.45) is 2.18. The maximum Gasteiger partial charge on any atom is 0.0584 e. The highest BCUT2D eigenvalue weighted by molar-refractivity contribution is 5.14. The van der Waals surface area contributed by atoms with Crippen molar-refractivity contribution in [3.63, 3.8) is 0 Å². The number of hydrogen-bond donors (Lipinski definition) is 2. The van der Waals surface area contributed by atoms with E-state index in [4.69, 9.17) is 0 Å². The van der Waals surface area contributed by atoms with Gasteiger partial charge in [0.1, 0.15) is 0 Å². The van der Waals surface area contributed by atoms with Crippen LogP contribution in [0, 0.1) is 0 Å². The van der Waals surface area contributed by atoms with Gasteiger partial charge in [0.2, 0.25) is 0 Å². The maximum atomic E-state index is 9.21. The fraction of sp³-hybridized carbons (Fsp3) is 0.600. The highest BCUT2D eigenvalue weighted by atomic mass is 16.3. The van der Waals surface area contributed by atoms with Crippen LogP contribution in [-0.2, 0) is 6.54 Å². The molecule has 100 valence electrons. The zero-order chi connectivity index (χ0) is 12.8. The minimum atomic E-state index is 0.242. The molecular weight excluding hydrogens is 224 g/mol. The third-order valence-corrected chi connectivity index (χ3v) is 3.71. The van der Waals surface area contributed by atoms with E-state index < -0.39 is 0 Å². The topological polar surface area (TPSA) is 35.5 Å². The molecule has 1 saturated heterocycles. The summed E-state index contributed by atoms with van der Waals surface area (Å²) in [5.41, 5.74) is 1.38. The van der Waals surface area contributed by atoms with E-state index in [1.165, 1.54) is 12.0 Å². The van der Waals surface area contributed by atoms with Crippen LogP contribution in [0.1, 0.15) is 25.3 Å². The Labute approximate surface area is 110 Å². The van der Waals surface area contributed by atoms with Crippen LogP contribution in [0.5, 0.6) is 0 Å². The molecule has 1 aliphatic rings. The molecule has 18 heavy (non-hydrogen) atoms. The first-order valence-corrected chi connectivity index (χ1v) is 6.95. The molecule has 0 spiro atoms. The lowest BCUT2D eigenvalue weighted by Crippen LogP contribution is -2.41. The monoisotopic (exact) mass is 248 g/mol. The van der Waals surface area contributed by atoms with E-state index >= 15 is 0 Å². The number of benzene rings is 1. The molecule has 1 aliphatic heterocycles. The molecule has 1 aromatic carbocycles.